The molecule has 0 aliphatic rings. The normalized spacial score (nSPS) is 11.7. The lowest BCUT2D eigenvalue weighted by molar-refractivity contribution is -0.118. The minimum absolute atomic E-state index is 0.123. The number of rotatable bonds is 11. The van der Waals surface area contributed by atoms with Gasteiger partial charge in [0.05, 0.1) is 17.5 Å². The highest BCUT2D eigenvalue weighted by Crippen LogP contribution is 2.34. The van der Waals surface area contributed by atoms with E-state index in [0.29, 0.717) is 16.9 Å². The zero-order chi connectivity index (χ0) is 29.6. The third-order valence-electron chi connectivity index (χ3n) is 7.27. The maximum absolute atomic E-state index is 14.4. The highest BCUT2D eigenvalue weighted by molar-refractivity contribution is 6.18. The Labute approximate surface area is 244 Å². The fourth-order valence-corrected chi connectivity index (χ4v) is 5.06. The SMILES string of the molecule is CCCCc1ccc(NC(=O)C(C(=O)c2cc(-c3ccccc3)n(C)c2-c2ccccc2)n2cc(C(=O)O)cn2)cc1. The van der Waals surface area contributed by atoms with Crippen LogP contribution < -0.4 is 5.32 Å². The van der Waals surface area contributed by atoms with Gasteiger partial charge >= 0.3 is 5.97 Å². The van der Waals surface area contributed by atoms with Crippen LogP contribution in [0.2, 0.25) is 0 Å². The standard InChI is InChI=1S/C34H32N4O4/c1-3-4-11-23-16-18-27(19-17-23)36-33(40)31(38-22-26(21-35-38)34(41)42)32(39)28-20-29(24-12-7-5-8-13-24)37(2)30(28)25-14-9-6-10-15-25/h5-10,12-22,31H,3-4,11H2,1-2H3,(H,36,40)(H,41,42). The lowest BCUT2D eigenvalue weighted by atomic mass is 9.99. The Morgan fingerprint density at radius 1 is 0.905 bits per heavy atom. The van der Waals surface area contributed by atoms with Crippen molar-refractivity contribution in [3.05, 3.63) is 120 Å². The molecule has 1 atom stereocenters. The van der Waals surface area contributed by atoms with E-state index in [1.54, 1.807) is 6.07 Å². The lowest BCUT2D eigenvalue weighted by Crippen LogP contribution is -2.33. The van der Waals surface area contributed by atoms with Gasteiger partial charge in [-0.25, -0.2) is 4.79 Å². The van der Waals surface area contributed by atoms with Crippen LogP contribution >= 0.6 is 0 Å². The molecule has 3 aromatic carbocycles. The molecule has 212 valence electrons. The Kier molecular flexibility index (Phi) is 8.43. The molecule has 1 unspecified atom stereocenters. The van der Waals surface area contributed by atoms with Crippen LogP contribution in [0.1, 0.15) is 52.1 Å². The zero-order valence-electron chi connectivity index (χ0n) is 23.5. The topological polar surface area (TPSA) is 106 Å². The number of ketones is 1. The number of carbonyl (C=O) groups is 3. The second-order valence-corrected chi connectivity index (χ2v) is 10.2. The minimum atomic E-state index is -1.45. The molecule has 5 rings (SSSR count). The summed E-state index contributed by atoms with van der Waals surface area (Å²) in [5.41, 5.74) is 5.05. The summed E-state index contributed by atoms with van der Waals surface area (Å²) in [6, 6.07) is 27.0. The third kappa shape index (κ3) is 5.93. The van der Waals surface area contributed by atoms with Gasteiger partial charge in [-0.3, -0.25) is 14.3 Å². The average Bonchev–Trinajstić information content (AvgIpc) is 3.63. The summed E-state index contributed by atoms with van der Waals surface area (Å²) in [6.07, 6.45) is 5.44. The molecule has 0 bridgehead atoms. The van der Waals surface area contributed by atoms with Crippen LogP contribution in [0.25, 0.3) is 22.5 Å². The van der Waals surface area contributed by atoms with Crippen molar-refractivity contribution in [3.63, 3.8) is 0 Å². The van der Waals surface area contributed by atoms with E-state index in [9.17, 15) is 19.5 Å². The predicted molar refractivity (Wildman–Crippen MR) is 163 cm³/mol. The fraction of sp³-hybridized carbons (Fsp3) is 0.176. The van der Waals surface area contributed by atoms with Gasteiger partial charge in [0.15, 0.2) is 11.8 Å². The van der Waals surface area contributed by atoms with Gasteiger partial charge in [0, 0.05) is 30.2 Å². The van der Waals surface area contributed by atoms with Crippen LogP contribution in [0.15, 0.2) is 103 Å². The van der Waals surface area contributed by atoms with Crippen molar-refractivity contribution in [2.45, 2.75) is 32.2 Å². The molecule has 2 heterocycles. The second-order valence-electron chi connectivity index (χ2n) is 10.2. The van der Waals surface area contributed by atoms with Crippen molar-refractivity contribution in [2.24, 2.45) is 7.05 Å². The first-order chi connectivity index (χ1) is 20.4. The molecule has 0 saturated heterocycles. The van der Waals surface area contributed by atoms with E-state index in [1.807, 2.05) is 96.5 Å². The van der Waals surface area contributed by atoms with Gasteiger partial charge in [0.2, 0.25) is 0 Å². The largest absolute Gasteiger partial charge is 0.478 e. The summed E-state index contributed by atoms with van der Waals surface area (Å²) in [7, 11) is 1.88. The summed E-state index contributed by atoms with van der Waals surface area (Å²) >= 11 is 0. The van der Waals surface area contributed by atoms with Crippen molar-refractivity contribution in [2.75, 3.05) is 5.32 Å². The van der Waals surface area contributed by atoms with Gasteiger partial charge in [-0.1, -0.05) is 86.1 Å². The van der Waals surface area contributed by atoms with Crippen LogP contribution in [0.3, 0.4) is 0 Å². The van der Waals surface area contributed by atoms with Gasteiger partial charge in [0.1, 0.15) is 0 Å². The molecule has 0 aliphatic carbocycles. The molecule has 0 radical (unpaired) electrons. The molecular formula is C34H32N4O4. The van der Waals surface area contributed by atoms with Crippen LogP contribution in [-0.2, 0) is 18.3 Å². The minimum Gasteiger partial charge on any atom is -0.478 e. The number of nitrogens with zero attached hydrogens (tertiary/aromatic N) is 3. The van der Waals surface area contributed by atoms with E-state index in [4.69, 9.17) is 0 Å². The molecule has 0 fully saturated rings. The van der Waals surface area contributed by atoms with Crippen molar-refractivity contribution < 1.29 is 19.5 Å². The number of Topliss-reactive ketones (excluding diaryl/α,β-unsaturated/α-hetero) is 1. The van der Waals surface area contributed by atoms with E-state index in [0.717, 1.165) is 52.5 Å². The van der Waals surface area contributed by atoms with Crippen LogP contribution in [0, 0.1) is 0 Å². The van der Waals surface area contributed by atoms with Crippen LogP contribution in [0.5, 0.6) is 0 Å². The Morgan fingerprint density at radius 3 is 2.14 bits per heavy atom. The lowest BCUT2D eigenvalue weighted by Gasteiger charge is -2.18. The Hall–Kier alpha value is -5.24. The number of aryl methyl sites for hydroxylation is 1. The Balaban J connectivity index is 1.58. The number of carboxylic acid groups (broad SMARTS) is 1. The third-order valence-corrected chi connectivity index (χ3v) is 7.27. The highest BCUT2D eigenvalue weighted by atomic mass is 16.4. The van der Waals surface area contributed by atoms with Crippen molar-refractivity contribution in [3.8, 4) is 22.5 Å². The first-order valence-corrected chi connectivity index (χ1v) is 13.9. The number of carboxylic acids is 1. The maximum atomic E-state index is 14.4. The quantitative estimate of drug-likeness (QED) is 0.139. The number of hydrogen-bond donors (Lipinski definition) is 2. The maximum Gasteiger partial charge on any atom is 0.338 e. The summed E-state index contributed by atoms with van der Waals surface area (Å²) in [5.74, 6) is -2.33. The molecule has 5 aromatic rings. The van der Waals surface area contributed by atoms with Gasteiger partial charge in [0.25, 0.3) is 5.91 Å². The molecule has 0 saturated carbocycles. The molecule has 2 aromatic heterocycles. The molecule has 42 heavy (non-hydrogen) atoms. The van der Waals surface area contributed by atoms with E-state index in [1.165, 1.54) is 6.20 Å². The average molecular weight is 561 g/mol. The highest BCUT2D eigenvalue weighted by Gasteiger charge is 2.34. The number of hydrogen-bond acceptors (Lipinski definition) is 4. The van der Waals surface area contributed by atoms with Crippen molar-refractivity contribution in [1.82, 2.24) is 14.3 Å². The van der Waals surface area contributed by atoms with Crippen LogP contribution in [-0.4, -0.2) is 37.1 Å². The van der Waals surface area contributed by atoms with E-state index in [-0.39, 0.29) is 5.56 Å². The number of carbonyl (C=O) groups excluding carboxylic acids is 2. The molecule has 8 heteroatoms. The zero-order valence-corrected chi connectivity index (χ0v) is 23.5. The van der Waals surface area contributed by atoms with E-state index < -0.39 is 23.7 Å². The van der Waals surface area contributed by atoms with E-state index >= 15 is 0 Å². The number of aromatic carboxylic acids is 1. The van der Waals surface area contributed by atoms with E-state index in [2.05, 4.69) is 17.3 Å². The van der Waals surface area contributed by atoms with Crippen molar-refractivity contribution in [1.29, 1.82) is 0 Å². The first-order valence-electron chi connectivity index (χ1n) is 13.9. The number of nitrogens with one attached hydrogen (secondary N) is 1. The molecule has 8 nitrogen and oxygen atoms in total. The molecule has 2 N–H and O–H groups in total. The van der Waals surface area contributed by atoms with Gasteiger partial charge in [-0.05, 0) is 47.7 Å². The number of benzene rings is 3. The number of amides is 1. The predicted octanol–water partition coefficient (Wildman–Crippen LogP) is 6.66. The summed E-state index contributed by atoms with van der Waals surface area (Å²) < 4.78 is 3.06. The van der Waals surface area contributed by atoms with Gasteiger partial charge < -0.3 is 15.0 Å². The van der Waals surface area contributed by atoms with Crippen LogP contribution in [0.4, 0.5) is 5.69 Å². The first kappa shape index (κ1) is 28.3. The summed E-state index contributed by atoms with van der Waals surface area (Å²) in [6.45, 7) is 2.13. The second kappa shape index (κ2) is 12.5. The molecule has 0 aliphatic heterocycles. The number of unbranched alkanes of at least 4 members (excludes halogenated alkanes) is 1. The monoisotopic (exact) mass is 560 g/mol. The smallest absolute Gasteiger partial charge is 0.338 e. The fourth-order valence-electron chi connectivity index (χ4n) is 5.06. The summed E-state index contributed by atoms with van der Waals surface area (Å²) in [4.78, 5) is 39.9. The number of aromatic nitrogens is 3. The molecular weight excluding hydrogens is 528 g/mol. The molecule has 1 amide bonds. The molecule has 0 spiro atoms. The Morgan fingerprint density at radius 2 is 1.55 bits per heavy atom. The number of anilines is 1. The summed E-state index contributed by atoms with van der Waals surface area (Å²) in [5, 5.41) is 16.5. The van der Waals surface area contributed by atoms with Crippen molar-refractivity contribution >= 4 is 23.3 Å². The Bertz CT molecular complexity index is 1700. The van der Waals surface area contributed by atoms with Gasteiger partial charge in [-0.2, -0.15) is 5.10 Å². The van der Waals surface area contributed by atoms with Gasteiger partial charge in [-0.15, -0.1) is 0 Å².